The molecule has 0 heterocycles. The fourth-order valence-corrected chi connectivity index (χ4v) is 3.59. The van der Waals surface area contributed by atoms with Gasteiger partial charge in [0.2, 0.25) is 10.0 Å². The van der Waals surface area contributed by atoms with Crippen LogP contribution < -0.4 is 15.4 Å². The lowest BCUT2D eigenvalue weighted by atomic mass is 9.83. The number of aliphatic imine (C=N–C) groups is 1. The SMILES string of the molecule is CCNC(=NCC1(CCOC)CCCC1)NCCCNS(C)(=O)=O.I. The van der Waals surface area contributed by atoms with Crippen LogP contribution in [-0.2, 0) is 14.8 Å². The number of ether oxygens (including phenoxy) is 1. The van der Waals surface area contributed by atoms with Crippen molar-refractivity contribution in [2.24, 2.45) is 10.4 Å². The molecule has 0 spiro atoms. The molecule has 0 atom stereocenters. The lowest BCUT2D eigenvalue weighted by molar-refractivity contribution is 0.141. The monoisotopic (exact) mass is 490 g/mol. The van der Waals surface area contributed by atoms with Crippen LogP contribution in [0.15, 0.2) is 4.99 Å². The molecule has 25 heavy (non-hydrogen) atoms. The van der Waals surface area contributed by atoms with Gasteiger partial charge in [0.05, 0.1) is 6.26 Å². The zero-order chi connectivity index (χ0) is 17.9. The number of hydrogen-bond donors (Lipinski definition) is 3. The number of halogens is 1. The number of guanidine groups is 1. The van der Waals surface area contributed by atoms with Gasteiger partial charge in [-0.15, -0.1) is 24.0 Å². The predicted octanol–water partition coefficient (Wildman–Crippen LogP) is 1.70. The Morgan fingerprint density at radius 1 is 1.20 bits per heavy atom. The Morgan fingerprint density at radius 3 is 2.44 bits per heavy atom. The summed E-state index contributed by atoms with van der Waals surface area (Å²) in [5.74, 6) is 0.806. The molecule has 0 bridgehead atoms. The molecule has 1 aliphatic rings. The maximum atomic E-state index is 11.0. The summed E-state index contributed by atoms with van der Waals surface area (Å²) in [5, 5.41) is 6.53. The minimum atomic E-state index is -3.11. The van der Waals surface area contributed by atoms with Crippen LogP contribution >= 0.6 is 24.0 Å². The molecule has 150 valence electrons. The van der Waals surface area contributed by atoms with Gasteiger partial charge in [0.25, 0.3) is 0 Å². The second-order valence-electron chi connectivity index (χ2n) is 6.59. The highest BCUT2D eigenvalue weighted by Crippen LogP contribution is 2.41. The summed E-state index contributed by atoms with van der Waals surface area (Å²) in [6.07, 6.45) is 7.94. The first kappa shape index (κ1) is 24.9. The van der Waals surface area contributed by atoms with Crippen LogP contribution in [-0.4, -0.2) is 60.5 Å². The number of sulfonamides is 1. The smallest absolute Gasteiger partial charge is 0.208 e. The van der Waals surface area contributed by atoms with Gasteiger partial charge >= 0.3 is 0 Å². The van der Waals surface area contributed by atoms with Crippen LogP contribution in [0.5, 0.6) is 0 Å². The first-order valence-corrected chi connectivity index (χ1v) is 10.8. The first-order valence-electron chi connectivity index (χ1n) is 8.86. The fourth-order valence-electron chi connectivity index (χ4n) is 3.07. The highest BCUT2D eigenvalue weighted by atomic mass is 127. The van der Waals surface area contributed by atoms with Gasteiger partial charge in [-0.2, -0.15) is 0 Å². The lowest BCUT2D eigenvalue weighted by Crippen LogP contribution is -2.39. The molecule has 0 unspecified atom stereocenters. The molecule has 0 aromatic rings. The van der Waals surface area contributed by atoms with E-state index in [1.807, 2.05) is 6.92 Å². The first-order chi connectivity index (χ1) is 11.4. The molecular formula is C16H35IN4O3S. The summed E-state index contributed by atoms with van der Waals surface area (Å²) in [6, 6.07) is 0. The number of nitrogens with one attached hydrogen (secondary N) is 3. The standard InChI is InChI=1S/C16H34N4O3S.HI/c1-4-17-15(18-11-7-12-20-24(3,21)22)19-14-16(10-13-23-2)8-5-6-9-16;/h20H,4-14H2,1-3H3,(H2,17,18,19);1H. The van der Waals surface area contributed by atoms with Gasteiger partial charge in [0.1, 0.15) is 0 Å². The van der Waals surface area contributed by atoms with Gasteiger partial charge < -0.3 is 15.4 Å². The molecule has 9 heteroatoms. The van der Waals surface area contributed by atoms with E-state index >= 15 is 0 Å². The van der Waals surface area contributed by atoms with Gasteiger partial charge in [-0.25, -0.2) is 13.1 Å². The molecule has 1 fully saturated rings. The normalized spacial score (nSPS) is 17.2. The molecule has 0 amide bonds. The van der Waals surface area contributed by atoms with Crippen molar-refractivity contribution in [2.45, 2.75) is 45.4 Å². The quantitative estimate of drug-likeness (QED) is 0.178. The fraction of sp³-hybridized carbons (Fsp3) is 0.938. The Labute approximate surface area is 170 Å². The second kappa shape index (κ2) is 13.1. The summed E-state index contributed by atoms with van der Waals surface area (Å²) in [5.41, 5.74) is 0.274. The van der Waals surface area contributed by atoms with Crippen LogP contribution in [0.2, 0.25) is 0 Å². The highest BCUT2D eigenvalue weighted by Gasteiger charge is 2.33. The number of methoxy groups -OCH3 is 1. The molecule has 7 nitrogen and oxygen atoms in total. The van der Waals surface area contributed by atoms with Crippen molar-refractivity contribution in [2.75, 3.05) is 46.2 Å². The summed E-state index contributed by atoms with van der Waals surface area (Å²) in [4.78, 5) is 4.77. The topological polar surface area (TPSA) is 91.8 Å². The molecule has 1 rings (SSSR count). The molecule has 0 aromatic carbocycles. The van der Waals surface area contributed by atoms with E-state index in [9.17, 15) is 8.42 Å². The van der Waals surface area contributed by atoms with Gasteiger partial charge in [-0.3, -0.25) is 4.99 Å². The largest absolute Gasteiger partial charge is 0.385 e. The van der Waals surface area contributed by atoms with E-state index in [2.05, 4.69) is 15.4 Å². The van der Waals surface area contributed by atoms with E-state index < -0.39 is 10.0 Å². The van der Waals surface area contributed by atoms with E-state index in [1.165, 1.54) is 31.9 Å². The number of nitrogens with zero attached hydrogens (tertiary/aromatic N) is 1. The van der Waals surface area contributed by atoms with Crippen molar-refractivity contribution < 1.29 is 13.2 Å². The molecule has 3 N–H and O–H groups in total. The summed E-state index contributed by atoms with van der Waals surface area (Å²) >= 11 is 0. The molecule has 0 aromatic heterocycles. The zero-order valence-electron chi connectivity index (χ0n) is 15.8. The van der Waals surface area contributed by atoms with Crippen LogP contribution in [0.4, 0.5) is 0 Å². The minimum Gasteiger partial charge on any atom is -0.385 e. The van der Waals surface area contributed by atoms with Crippen LogP contribution in [0.1, 0.15) is 45.4 Å². The van der Waals surface area contributed by atoms with Crippen LogP contribution in [0.3, 0.4) is 0 Å². The summed E-state index contributed by atoms with van der Waals surface area (Å²) in [6.45, 7) is 5.56. The number of hydrogen-bond acceptors (Lipinski definition) is 4. The van der Waals surface area contributed by atoms with Crippen molar-refractivity contribution in [3.8, 4) is 0 Å². The minimum absolute atomic E-state index is 0. The van der Waals surface area contributed by atoms with Crippen molar-refractivity contribution in [1.82, 2.24) is 15.4 Å². The van der Waals surface area contributed by atoms with E-state index in [1.54, 1.807) is 7.11 Å². The third-order valence-electron chi connectivity index (χ3n) is 4.43. The molecular weight excluding hydrogens is 455 g/mol. The Hall–Kier alpha value is -0.130. The highest BCUT2D eigenvalue weighted by molar-refractivity contribution is 14.0. The third kappa shape index (κ3) is 11.2. The molecule has 0 aliphatic heterocycles. The van der Waals surface area contributed by atoms with Gasteiger partial charge in [-0.1, -0.05) is 12.8 Å². The van der Waals surface area contributed by atoms with Crippen molar-refractivity contribution in [1.29, 1.82) is 0 Å². The Kier molecular flexibility index (Phi) is 13.0. The predicted molar refractivity (Wildman–Crippen MR) is 114 cm³/mol. The maximum Gasteiger partial charge on any atom is 0.208 e. The average molecular weight is 490 g/mol. The van der Waals surface area contributed by atoms with Gasteiger partial charge in [0.15, 0.2) is 5.96 Å². The van der Waals surface area contributed by atoms with E-state index in [4.69, 9.17) is 9.73 Å². The summed E-state index contributed by atoms with van der Waals surface area (Å²) < 4.78 is 29.8. The summed E-state index contributed by atoms with van der Waals surface area (Å²) in [7, 11) is -1.36. The van der Waals surface area contributed by atoms with Crippen LogP contribution in [0.25, 0.3) is 0 Å². The Bertz CT molecular complexity index is 480. The van der Waals surface area contributed by atoms with Gasteiger partial charge in [0, 0.05) is 39.9 Å². The molecule has 0 radical (unpaired) electrons. The average Bonchev–Trinajstić information content (AvgIpc) is 2.98. The Morgan fingerprint density at radius 2 is 1.88 bits per heavy atom. The van der Waals surface area contributed by atoms with E-state index in [-0.39, 0.29) is 29.4 Å². The second-order valence-corrected chi connectivity index (χ2v) is 8.42. The lowest BCUT2D eigenvalue weighted by Gasteiger charge is -2.27. The van der Waals surface area contributed by atoms with Crippen molar-refractivity contribution >= 4 is 40.0 Å². The number of rotatable bonds is 11. The van der Waals surface area contributed by atoms with Crippen molar-refractivity contribution in [3.63, 3.8) is 0 Å². The molecule has 1 aliphatic carbocycles. The molecule has 1 saturated carbocycles. The maximum absolute atomic E-state index is 11.0. The van der Waals surface area contributed by atoms with E-state index in [0.717, 1.165) is 32.1 Å². The van der Waals surface area contributed by atoms with E-state index in [0.29, 0.717) is 19.5 Å². The van der Waals surface area contributed by atoms with Crippen molar-refractivity contribution in [3.05, 3.63) is 0 Å². The van der Waals surface area contributed by atoms with Gasteiger partial charge in [-0.05, 0) is 38.0 Å². The molecule has 0 saturated heterocycles. The van der Waals surface area contributed by atoms with Crippen LogP contribution in [0, 0.1) is 5.41 Å². The third-order valence-corrected chi connectivity index (χ3v) is 5.16. The zero-order valence-corrected chi connectivity index (χ0v) is 18.9. The Balaban J connectivity index is 0.00000576.